The van der Waals surface area contributed by atoms with Crippen molar-refractivity contribution >= 4 is 22.3 Å². The van der Waals surface area contributed by atoms with E-state index in [-0.39, 0.29) is 33.4 Å². The second-order valence-corrected chi connectivity index (χ2v) is 9.77. The second kappa shape index (κ2) is 10.4. The van der Waals surface area contributed by atoms with Gasteiger partial charge in [0.1, 0.15) is 59.2 Å². The molecule has 0 bridgehead atoms. The molecule has 6 rings (SSSR count). The molecule has 2 aliphatic carbocycles. The molecule has 4 aromatic rings. The van der Waals surface area contributed by atoms with E-state index in [9.17, 15) is 40.4 Å². The molecule has 0 atom stereocenters. The van der Waals surface area contributed by atoms with E-state index in [2.05, 4.69) is 0 Å². The maximum absolute atomic E-state index is 14.8. The van der Waals surface area contributed by atoms with E-state index in [0.29, 0.717) is 55.7 Å². The molecule has 200 valence electrons. The van der Waals surface area contributed by atoms with E-state index in [1.165, 1.54) is 24.3 Å². The summed E-state index contributed by atoms with van der Waals surface area (Å²) in [7, 11) is 0. The van der Waals surface area contributed by atoms with Crippen molar-refractivity contribution < 1.29 is 8.78 Å². The lowest BCUT2D eigenvalue weighted by Crippen LogP contribution is -2.00. The predicted molar refractivity (Wildman–Crippen MR) is 156 cm³/mol. The number of allylic oxidation sites excluding steroid dienone is 6. The van der Waals surface area contributed by atoms with Crippen LogP contribution in [0.25, 0.3) is 44.5 Å². The molecule has 0 radical (unpaired) electrons. The van der Waals surface area contributed by atoms with Crippen LogP contribution in [0.1, 0.15) is 33.4 Å². The number of fused-ring (bicyclic) bond motifs is 4. The van der Waals surface area contributed by atoms with Crippen LogP contribution in [0.3, 0.4) is 0 Å². The van der Waals surface area contributed by atoms with Crippen LogP contribution in [0.15, 0.2) is 83.9 Å². The minimum absolute atomic E-state index is 0.147. The van der Waals surface area contributed by atoms with E-state index in [0.717, 1.165) is 0 Å². The van der Waals surface area contributed by atoms with Crippen LogP contribution < -0.4 is 0 Å². The van der Waals surface area contributed by atoms with Gasteiger partial charge in [-0.2, -0.15) is 31.6 Å². The van der Waals surface area contributed by atoms with Crippen molar-refractivity contribution in [1.29, 1.82) is 31.6 Å². The second-order valence-electron chi connectivity index (χ2n) is 9.77. The minimum atomic E-state index is -0.742. The van der Waals surface area contributed by atoms with E-state index < -0.39 is 11.6 Å². The average Bonchev–Trinajstić information content (AvgIpc) is 3.56. The lowest BCUT2D eigenvalue weighted by Gasteiger charge is -2.18. The van der Waals surface area contributed by atoms with Crippen molar-refractivity contribution in [2.24, 2.45) is 0 Å². The van der Waals surface area contributed by atoms with Crippen molar-refractivity contribution in [1.82, 2.24) is 0 Å². The number of hydrogen-bond acceptors (Lipinski definition) is 6. The maximum Gasteiger partial charge on any atom is 0.141 e. The molecule has 2 aliphatic rings. The molecule has 0 aromatic heterocycles. The minimum Gasteiger partial charge on any atom is -0.206 e. The number of nitriles is 6. The molecular weight excluding hydrogens is 554 g/mol. The van der Waals surface area contributed by atoms with Gasteiger partial charge in [-0.25, -0.2) is 8.78 Å². The topological polar surface area (TPSA) is 143 Å². The fraction of sp³-hybridized carbons (Fsp3) is 0. The molecule has 0 spiro atoms. The number of rotatable bonds is 2. The van der Waals surface area contributed by atoms with Crippen LogP contribution >= 0.6 is 0 Å². The first kappa shape index (κ1) is 27.1. The SMILES string of the molecule is N#CC(C#N)=C1C2=C(C(=C(C#N)C#N)c3c2cccc3-c2ccc(C#N)c(F)c2)c2cccc(-c3ccc(C#N)c(F)c3)c21. The number of nitrogens with zero attached hydrogens (tertiary/aromatic N) is 6. The van der Waals surface area contributed by atoms with E-state index in [1.54, 1.807) is 60.7 Å². The Kier molecular flexibility index (Phi) is 6.39. The Balaban J connectivity index is 1.73. The Bertz CT molecular complexity index is 2170. The number of hydrogen-bond donors (Lipinski definition) is 0. The summed E-state index contributed by atoms with van der Waals surface area (Å²) in [6, 6.07) is 29.9. The standard InChI is InChI=1S/C36H12F2N6/c37-29-11-19(7-9-21(29)13-39)25-3-1-5-27-33(25)31(23(15-41)16-42)36-28-6-2-4-26(20-8-10-22(14-40)30(38)12-20)34(28)32(35(27)36)24(17-43)18-44/h1-12H. The molecule has 0 fully saturated rings. The number of halogens is 2. The lowest BCUT2D eigenvalue weighted by atomic mass is 9.83. The summed E-state index contributed by atoms with van der Waals surface area (Å²) in [5.74, 6) is -1.48. The molecule has 0 saturated heterocycles. The van der Waals surface area contributed by atoms with Gasteiger partial charge in [-0.3, -0.25) is 0 Å². The van der Waals surface area contributed by atoms with E-state index in [4.69, 9.17) is 0 Å². The van der Waals surface area contributed by atoms with Crippen LogP contribution in [-0.2, 0) is 0 Å². The number of benzene rings is 4. The Hall–Kier alpha value is -7.10. The molecule has 0 unspecified atom stereocenters. The highest BCUT2D eigenvalue weighted by Crippen LogP contribution is 2.61. The zero-order valence-corrected chi connectivity index (χ0v) is 22.4. The Morgan fingerprint density at radius 3 is 1.16 bits per heavy atom. The predicted octanol–water partition coefficient (Wildman–Crippen LogP) is 7.58. The molecule has 0 saturated carbocycles. The lowest BCUT2D eigenvalue weighted by molar-refractivity contribution is 0.624. The zero-order chi connectivity index (χ0) is 31.1. The highest BCUT2D eigenvalue weighted by molar-refractivity contribution is 6.39. The van der Waals surface area contributed by atoms with Crippen molar-refractivity contribution in [3.05, 3.63) is 129 Å². The maximum atomic E-state index is 14.8. The van der Waals surface area contributed by atoms with Crippen molar-refractivity contribution in [3.63, 3.8) is 0 Å². The molecule has 0 amide bonds. The Morgan fingerprint density at radius 2 is 0.841 bits per heavy atom. The van der Waals surface area contributed by atoms with Gasteiger partial charge >= 0.3 is 0 Å². The van der Waals surface area contributed by atoms with Gasteiger partial charge in [0.25, 0.3) is 0 Å². The fourth-order valence-electron chi connectivity index (χ4n) is 5.90. The van der Waals surface area contributed by atoms with Gasteiger partial charge in [-0.15, -0.1) is 0 Å². The van der Waals surface area contributed by atoms with Gasteiger partial charge < -0.3 is 0 Å². The molecule has 4 aromatic carbocycles. The highest BCUT2D eigenvalue weighted by atomic mass is 19.1. The smallest absolute Gasteiger partial charge is 0.141 e. The zero-order valence-electron chi connectivity index (χ0n) is 22.4. The molecule has 44 heavy (non-hydrogen) atoms. The van der Waals surface area contributed by atoms with E-state index >= 15 is 0 Å². The third-order valence-corrected chi connectivity index (χ3v) is 7.67. The molecule has 0 heterocycles. The van der Waals surface area contributed by atoms with Gasteiger partial charge in [-0.05, 0) is 57.6 Å². The normalized spacial score (nSPS) is 12.0. The van der Waals surface area contributed by atoms with Gasteiger partial charge in [0.2, 0.25) is 0 Å². The summed E-state index contributed by atoms with van der Waals surface area (Å²) in [5.41, 5.74) is 4.19. The summed E-state index contributed by atoms with van der Waals surface area (Å²) in [5, 5.41) is 58.8. The molecule has 0 aliphatic heterocycles. The van der Waals surface area contributed by atoms with Gasteiger partial charge in [0.15, 0.2) is 0 Å². The summed E-state index contributed by atoms with van der Waals surface area (Å²) in [6.45, 7) is 0. The van der Waals surface area contributed by atoms with E-state index in [1.807, 2.05) is 24.3 Å². The van der Waals surface area contributed by atoms with Crippen LogP contribution in [0.5, 0.6) is 0 Å². The fourth-order valence-corrected chi connectivity index (χ4v) is 5.90. The average molecular weight is 567 g/mol. The summed E-state index contributed by atoms with van der Waals surface area (Å²) in [6.07, 6.45) is 0. The first-order chi connectivity index (χ1) is 21.4. The van der Waals surface area contributed by atoms with Crippen LogP contribution in [0, 0.1) is 79.6 Å². The Morgan fingerprint density at radius 1 is 0.477 bits per heavy atom. The molecular formula is C36H12F2N6. The first-order valence-electron chi connectivity index (χ1n) is 12.9. The summed E-state index contributed by atoms with van der Waals surface area (Å²) < 4.78 is 29.5. The van der Waals surface area contributed by atoms with Crippen molar-refractivity contribution in [2.75, 3.05) is 0 Å². The van der Waals surface area contributed by atoms with Crippen molar-refractivity contribution in [2.45, 2.75) is 0 Å². The summed E-state index contributed by atoms with van der Waals surface area (Å²) >= 11 is 0. The monoisotopic (exact) mass is 566 g/mol. The van der Waals surface area contributed by atoms with Gasteiger partial charge in [0, 0.05) is 33.4 Å². The highest BCUT2D eigenvalue weighted by Gasteiger charge is 2.42. The first-order valence-corrected chi connectivity index (χ1v) is 12.9. The molecule has 6 nitrogen and oxygen atoms in total. The third kappa shape index (κ3) is 3.79. The van der Waals surface area contributed by atoms with Gasteiger partial charge in [-0.1, -0.05) is 48.5 Å². The Labute approximate surface area is 250 Å². The van der Waals surface area contributed by atoms with Crippen molar-refractivity contribution in [3.8, 4) is 58.7 Å². The van der Waals surface area contributed by atoms with Gasteiger partial charge in [0.05, 0.1) is 11.1 Å². The molecule has 8 heteroatoms. The molecule has 0 N–H and O–H groups in total. The van der Waals surface area contributed by atoms with Crippen LogP contribution in [0.4, 0.5) is 8.78 Å². The largest absolute Gasteiger partial charge is 0.206 e. The van der Waals surface area contributed by atoms with Crippen LogP contribution in [-0.4, -0.2) is 0 Å². The summed E-state index contributed by atoms with van der Waals surface area (Å²) in [4.78, 5) is 0. The quantitative estimate of drug-likeness (QED) is 0.229. The third-order valence-electron chi connectivity index (χ3n) is 7.67. The van der Waals surface area contributed by atoms with Crippen LogP contribution in [0.2, 0.25) is 0 Å².